The Morgan fingerprint density at radius 1 is 1.53 bits per heavy atom. The molecule has 82 valence electrons. The van der Waals surface area contributed by atoms with Gasteiger partial charge in [-0.3, -0.25) is 4.79 Å². The second-order valence-corrected chi connectivity index (χ2v) is 5.77. The summed E-state index contributed by atoms with van der Waals surface area (Å²) in [5, 5.41) is 0.967. The molecule has 0 atom stereocenters. The number of carbonyl (C=O) groups excluding carboxylic acids is 1. The summed E-state index contributed by atoms with van der Waals surface area (Å²) in [7, 11) is 0. The summed E-state index contributed by atoms with van der Waals surface area (Å²) >= 11 is 10.8. The van der Waals surface area contributed by atoms with Crippen LogP contribution in [0.15, 0.2) is 22.7 Å². The fraction of sp³-hybridized carbons (Fsp3) is 0.364. The summed E-state index contributed by atoms with van der Waals surface area (Å²) < 4.78 is 0.995. The molecule has 0 saturated carbocycles. The van der Waals surface area contributed by atoms with Gasteiger partial charge in [0.25, 0.3) is 0 Å². The quantitative estimate of drug-likeness (QED) is 0.771. The summed E-state index contributed by atoms with van der Waals surface area (Å²) in [5.41, 5.74) is 1.14. The maximum absolute atomic E-state index is 10.7. The Balaban J connectivity index is 2.40. The molecule has 0 bridgehead atoms. The molecule has 0 aliphatic carbocycles. The predicted molar refractivity (Wildman–Crippen MR) is 70.6 cm³/mol. The molecular formula is C11H12BrClOS. The first-order chi connectivity index (χ1) is 7.09. The van der Waals surface area contributed by atoms with Gasteiger partial charge in [-0.05, 0) is 30.5 Å². The number of carbonyl (C=O) groups is 1. The molecule has 0 amide bonds. The minimum absolute atomic E-state index is 0.178. The van der Waals surface area contributed by atoms with Crippen molar-refractivity contribution in [1.29, 1.82) is 0 Å². The van der Waals surface area contributed by atoms with Gasteiger partial charge in [-0.15, -0.1) is 0 Å². The highest BCUT2D eigenvalue weighted by Crippen LogP contribution is 2.22. The van der Waals surface area contributed by atoms with E-state index in [-0.39, 0.29) is 5.12 Å². The molecule has 0 radical (unpaired) electrons. The smallest absolute Gasteiger partial charge is 0.185 e. The molecule has 0 aliphatic heterocycles. The Morgan fingerprint density at radius 2 is 2.27 bits per heavy atom. The first kappa shape index (κ1) is 13.1. The minimum atomic E-state index is 0.178. The van der Waals surface area contributed by atoms with Crippen LogP contribution in [0.2, 0.25) is 5.02 Å². The molecule has 0 aliphatic rings. The van der Waals surface area contributed by atoms with E-state index in [0.29, 0.717) is 0 Å². The molecule has 1 rings (SSSR count). The molecule has 1 aromatic rings. The molecule has 0 heterocycles. The number of rotatable bonds is 4. The van der Waals surface area contributed by atoms with E-state index in [9.17, 15) is 4.79 Å². The minimum Gasteiger partial charge on any atom is -0.288 e. The SMILES string of the molecule is CC(=O)SCCCc1ccc(Br)cc1Cl. The molecule has 1 nitrogen and oxygen atoms in total. The van der Waals surface area contributed by atoms with Crippen molar-refractivity contribution in [3.05, 3.63) is 33.3 Å². The van der Waals surface area contributed by atoms with E-state index in [1.54, 1.807) is 6.92 Å². The Morgan fingerprint density at radius 3 is 2.87 bits per heavy atom. The van der Waals surface area contributed by atoms with E-state index >= 15 is 0 Å². The van der Waals surface area contributed by atoms with Crippen LogP contribution in [0.4, 0.5) is 0 Å². The molecular weight excluding hydrogens is 296 g/mol. The van der Waals surface area contributed by atoms with Crippen molar-refractivity contribution in [2.24, 2.45) is 0 Å². The lowest BCUT2D eigenvalue weighted by atomic mass is 10.1. The molecule has 0 N–H and O–H groups in total. The van der Waals surface area contributed by atoms with Crippen molar-refractivity contribution in [2.45, 2.75) is 19.8 Å². The Hall–Kier alpha value is 0.01000. The Labute approximate surface area is 108 Å². The van der Waals surface area contributed by atoms with E-state index in [2.05, 4.69) is 15.9 Å². The largest absolute Gasteiger partial charge is 0.288 e. The summed E-state index contributed by atoms with van der Waals surface area (Å²) in [6, 6.07) is 5.90. The zero-order valence-corrected chi connectivity index (χ0v) is 11.6. The average molecular weight is 308 g/mol. The van der Waals surface area contributed by atoms with Gasteiger partial charge in [0.15, 0.2) is 5.12 Å². The predicted octanol–water partition coefficient (Wildman–Crippen LogP) is 4.31. The highest BCUT2D eigenvalue weighted by atomic mass is 79.9. The van der Waals surface area contributed by atoms with Crippen molar-refractivity contribution < 1.29 is 4.79 Å². The number of aryl methyl sites for hydroxylation is 1. The first-order valence-corrected chi connectivity index (χ1v) is 6.82. The van der Waals surface area contributed by atoms with E-state index in [4.69, 9.17) is 11.6 Å². The third kappa shape index (κ3) is 5.05. The number of thioether (sulfide) groups is 1. The highest BCUT2D eigenvalue weighted by Gasteiger charge is 2.01. The van der Waals surface area contributed by atoms with Crippen LogP contribution in [-0.2, 0) is 11.2 Å². The van der Waals surface area contributed by atoms with Crippen molar-refractivity contribution in [1.82, 2.24) is 0 Å². The van der Waals surface area contributed by atoms with Gasteiger partial charge in [0, 0.05) is 22.2 Å². The van der Waals surface area contributed by atoms with Gasteiger partial charge >= 0.3 is 0 Å². The molecule has 0 fully saturated rings. The molecule has 15 heavy (non-hydrogen) atoms. The third-order valence-electron chi connectivity index (χ3n) is 1.91. The van der Waals surface area contributed by atoms with Crippen LogP contribution in [-0.4, -0.2) is 10.9 Å². The van der Waals surface area contributed by atoms with Gasteiger partial charge in [0.05, 0.1) is 0 Å². The van der Waals surface area contributed by atoms with E-state index in [1.165, 1.54) is 11.8 Å². The number of hydrogen-bond acceptors (Lipinski definition) is 2. The highest BCUT2D eigenvalue weighted by molar-refractivity contribution is 9.10. The Kier molecular flexibility index (Phi) is 5.72. The second-order valence-electron chi connectivity index (χ2n) is 3.18. The van der Waals surface area contributed by atoms with Crippen molar-refractivity contribution in [3.63, 3.8) is 0 Å². The van der Waals surface area contributed by atoms with Crippen molar-refractivity contribution >= 4 is 44.4 Å². The van der Waals surface area contributed by atoms with Gasteiger partial charge in [0.1, 0.15) is 0 Å². The van der Waals surface area contributed by atoms with Crippen LogP contribution in [0.5, 0.6) is 0 Å². The molecule has 0 spiro atoms. The van der Waals surface area contributed by atoms with Crippen molar-refractivity contribution in [2.75, 3.05) is 5.75 Å². The molecule has 1 aromatic carbocycles. The van der Waals surface area contributed by atoms with Gasteiger partial charge in [-0.1, -0.05) is 45.4 Å². The van der Waals surface area contributed by atoms with Crippen molar-refractivity contribution in [3.8, 4) is 0 Å². The van der Waals surface area contributed by atoms with Gasteiger partial charge in [0.2, 0.25) is 0 Å². The number of halogens is 2. The monoisotopic (exact) mass is 306 g/mol. The molecule has 0 aromatic heterocycles. The van der Waals surface area contributed by atoms with Gasteiger partial charge in [-0.25, -0.2) is 0 Å². The average Bonchev–Trinajstić information content (AvgIpc) is 2.14. The van der Waals surface area contributed by atoms with Crippen LogP contribution in [0.25, 0.3) is 0 Å². The van der Waals surface area contributed by atoms with Crippen LogP contribution in [0, 0.1) is 0 Å². The lowest BCUT2D eigenvalue weighted by Crippen LogP contribution is -1.91. The fourth-order valence-corrected chi connectivity index (χ4v) is 2.55. The van der Waals surface area contributed by atoms with E-state index in [0.717, 1.165) is 33.7 Å². The molecule has 4 heteroatoms. The fourth-order valence-electron chi connectivity index (χ4n) is 1.20. The summed E-state index contributed by atoms with van der Waals surface area (Å²) in [4.78, 5) is 10.7. The summed E-state index contributed by atoms with van der Waals surface area (Å²) in [5.74, 6) is 0.863. The van der Waals surface area contributed by atoms with Crippen LogP contribution >= 0.6 is 39.3 Å². The normalized spacial score (nSPS) is 10.3. The van der Waals surface area contributed by atoms with E-state index < -0.39 is 0 Å². The van der Waals surface area contributed by atoms with Crippen LogP contribution in [0.3, 0.4) is 0 Å². The van der Waals surface area contributed by atoms with Gasteiger partial charge < -0.3 is 0 Å². The molecule has 0 unspecified atom stereocenters. The third-order valence-corrected chi connectivity index (χ3v) is 3.66. The van der Waals surface area contributed by atoms with Crippen LogP contribution in [0.1, 0.15) is 18.9 Å². The number of benzene rings is 1. The van der Waals surface area contributed by atoms with E-state index in [1.807, 2.05) is 18.2 Å². The zero-order valence-electron chi connectivity index (χ0n) is 8.43. The second kappa shape index (κ2) is 6.56. The molecule has 0 saturated heterocycles. The summed E-state index contributed by atoms with van der Waals surface area (Å²) in [6.07, 6.45) is 1.90. The van der Waals surface area contributed by atoms with Crippen LogP contribution < -0.4 is 0 Å². The van der Waals surface area contributed by atoms with Gasteiger partial charge in [-0.2, -0.15) is 0 Å². The number of hydrogen-bond donors (Lipinski definition) is 0. The first-order valence-electron chi connectivity index (χ1n) is 4.67. The zero-order chi connectivity index (χ0) is 11.3. The topological polar surface area (TPSA) is 17.1 Å². The lowest BCUT2D eigenvalue weighted by molar-refractivity contribution is -0.109. The summed E-state index contributed by atoms with van der Waals surface area (Å²) in [6.45, 7) is 1.59. The maximum Gasteiger partial charge on any atom is 0.185 e. The lowest BCUT2D eigenvalue weighted by Gasteiger charge is -2.03. The maximum atomic E-state index is 10.7. The standard InChI is InChI=1S/C11H12BrClOS/c1-8(14)15-6-2-3-9-4-5-10(12)7-11(9)13/h4-5,7H,2-3,6H2,1H3. The Bertz CT molecular complexity index is 354.